The lowest BCUT2D eigenvalue weighted by atomic mass is 9.71. The predicted molar refractivity (Wildman–Crippen MR) is 201 cm³/mol. The predicted octanol–water partition coefficient (Wildman–Crippen LogP) is 10.0. The molecule has 0 saturated heterocycles. The summed E-state index contributed by atoms with van der Waals surface area (Å²) in [5.74, 6) is 0.399. The van der Waals surface area contributed by atoms with Gasteiger partial charge in [-0.05, 0) is 82.0 Å². The monoisotopic (exact) mass is 660 g/mol. The number of phenols is 2. The van der Waals surface area contributed by atoms with Gasteiger partial charge >= 0.3 is 0 Å². The van der Waals surface area contributed by atoms with E-state index in [1.54, 1.807) is 0 Å². The van der Waals surface area contributed by atoms with Gasteiger partial charge in [-0.1, -0.05) is 106 Å². The van der Waals surface area contributed by atoms with Crippen molar-refractivity contribution in [1.29, 1.82) is 0 Å². The summed E-state index contributed by atoms with van der Waals surface area (Å²) in [6.45, 7) is 22.8. The number of phenolic OH excluding ortho intramolecular Hbond substituents is 2. The van der Waals surface area contributed by atoms with E-state index in [2.05, 4.69) is 125 Å². The van der Waals surface area contributed by atoms with Gasteiger partial charge < -0.3 is 10.2 Å². The fourth-order valence-corrected chi connectivity index (χ4v) is 8.32. The fraction of sp³-hybridized carbons (Fsp3) is 0.415. The van der Waals surface area contributed by atoms with Gasteiger partial charge in [0.1, 0.15) is 33.7 Å². The summed E-state index contributed by atoms with van der Waals surface area (Å²) in [4.78, 5) is 3.89. The van der Waals surface area contributed by atoms with Gasteiger partial charge in [-0.3, -0.25) is 10.5 Å². The number of nitrogens with zero attached hydrogens (tertiary/aromatic N) is 4. The molecule has 8 heteroatoms. The van der Waals surface area contributed by atoms with E-state index in [9.17, 15) is 10.2 Å². The second-order valence-electron chi connectivity index (χ2n) is 17.9. The molecule has 0 amide bonds. The van der Waals surface area contributed by atoms with Gasteiger partial charge in [-0.15, -0.1) is 14.1 Å². The molecule has 258 valence electrons. The SMILES string of the molecule is CC(C)(C)CC(C)(C)c1cc(Cc2cc(C(C)(C)CC(C)(C)C)cc(-n3n4c5ccccc5n34)c2O)c(O)c(Nn2[nH]c3ccccc32)c1. The summed E-state index contributed by atoms with van der Waals surface area (Å²) < 4.78 is 4.17. The number of H-pyrrole nitrogens is 1. The third-order valence-corrected chi connectivity index (χ3v) is 9.89. The van der Waals surface area contributed by atoms with E-state index in [-0.39, 0.29) is 33.2 Å². The first-order valence-corrected chi connectivity index (χ1v) is 17.5. The number of aromatic nitrogens is 5. The minimum atomic E-state index is -0.174. The molecule has 0 bridgehead atoms. The number of hydrogen-bond acceptors (Lipinski definition) is 3. The van der Waals surface area contributed by atoms with E-state index in [0.717, 1.165) is 62.8 Å². The highest BCUT2D eigenvalue weighted by molar-refractivity contribution is 5.80. The van der Waals surface area contributed by atoms with Gasteiger partial charge in [0, 0.05) is 17.5 Å². The molecule has 0 aliphatic carbocycles. The zero-order valence-corrected chi connectivity index (χ0v) is 30.7. The number of anilines is 1. The Labute approximate surface area is 289 Å². The lowest BCUT2D eigenvalue weighted by molar-refractivity contribution is 0.283. The van der Waals surface area contributed by atoms with Crippen LogP contribution in [-0.4, -0.2) is 34.2 Å². The van der Waals surface area contributed by atoms with Gasteiger partial charge in [-0.25, -0.2) is 0 Å². The summed E-state index contributed by atoms with van der Waals surface area (Å²) in [5.41, 5.74) is 12.8. The van der Waals surface area contributed by atoms with Crippen molar-refractivity contribution in [1.82, 2.24) is 23.9 Å². The molecule has 0 spiro atoms. The molecule has 4 N–H and O–H groups in total. The van der Waals surface area contributed by atoms with Crippen molar-refractivity contribution in [3.63, 3.8) is 0 Å². The number of fused-ring (bicyclic) bond motifs is 5. The number of para-hydroxylation sites is 4. The average Bonchev–Trinajstić information content (AvgIpc) is 3.63. The maximum atomic E-state index is 12.1. The summed E-state index contributed by atoms with van der Waals surface area (Å²) in [7, 11) is 0. The molecular weight excluding hydrogens is 608 g/mol. The van der Waals surface area contributed by atoms with E-state index in [4.69, 9.17) is 0 Å². The Morgan fingerprint density at radius 2 is 1.10 bits per heavy atom. The Hall–Kier alpha value is -4.72. The van der Waals surface area contributed by atoms with E-state index in [1.807, 2.05) is 46.0 Å². The molecule has 49 heavy (non-hydrogen) atoms. The Kier molecular flexibility index (Phi) is 7.29. The van der Waals surface area contributed by atoms with Crippen molar-refractivity contribution >= 4 is 27.8 Å². The van der Waals surface area contributed by atoms with Crippen LogP contribution in [0, 0.1) is 10.8 Å². The molecule has 0 radical (unpaired) electrons. The van der Waals surface area contributed by atoms with Crippen LogP contribution in [0.25, 0.3) is 27.8 Å². The number of aromatic hydroxyl groups is 2. The van der Waals surface area contributed by atoms with Crippen molar-refractivity contribution in [3.05, 3.63) is 95.1 Å². The normalized spacial score (nSPS) is 13.5. The largest absolute Gasteiger partial charge is 0.505 e. The van der Waals surface area contributed by atoms with Gasteiger partial charge in [0.25, 0.3) is 0 Å². The fourth-order valence-electron chi connectivity index (χ4n) is 8.32. The number of nitrogens with one attached hydrogen (secondary N) is 2. The number of hydrogen-bond donors (Lipinski definition) is 4. The minimum absolute atomic E-state index is 0.105. The van der Waals surface area contributed by atoms with E-state index >= 15 is 0 Å². The van der Waals surface area contributed by atoms with Crippen LogP contribution in [0.4, 0.5) is 5.69 Å². The first-order chi connectivity index (χ1) is 22.8. The first kappa shape index (κ1) is 32.8. The second kappa shape index (κ2) is 10.9. The van der Waals surface area contributed by atoms with Gasteiger partial charge in [-0.2, -0.15) is 4.79 Å². The Bertz CT molecular complexity index is 2240. The maximum absolute atomic E-state index is 12.1. The minimum Gasteiger partial charge on any atom is -0.505 e. The van der Waals surface area contributed by atoms with Crippen LogP contribution in [0.2, 0.25) is 0 Å². The summed E-state index contributed by atoms with van der Waals surface area (Å²) in [6, 6.07) is 24.9. The quantitative estimate of drug-likeness (QED) is 0.116. The van der Waals surface area contributed by atoms with Crippen molar-refractivity contribution < 1.29 is 10.2 Å². The van der Waals surface area contributed by atoms with E-state index in [1.165, 1.54) is 0 Å². The molecule has 7 aromatic rings. The van der Waals surface area contributed by atoms with Gasteiger partial charge in [0.15, 0.2) is 0 Å². The van der Waals surface area contributed by atoms with Crippen LogP contribution in [-0.2, 0) is 17.3 Å². The zero-order chi connectivity index (χ0) is 35.3. The highest BCUT2D eigenvalue weighted by Gasteiger charge is 2.33. The first-order valence-electron chi connectivity index (χ1n) is 17.5. The summed E-state index contributed by atoms with van der Waals surface area (Å²) in [5, 5.41) is 27.3. The standard InChI is InChI=1S/C41H52N6O2/c1-38(2,3)24-40(7,8)28-20-26(36(48)31(22-28)43-44-32-16-12-11-15-30(32)42-44)19-27-21-29(41(9,10)25-39(4,5)6)23-35(37(27)49)47-45-33-17-13-14-18-34(33)46(45)47/h11-18,20-23,42-43,48-49H,19,24-25H2,1-10H3. The molecule has 0 saturated carbocycles. The van der Waals surface area contributed by atoms with Crippen LogP contribution in [0.15, 0.2) is 72.8 Å². The molecule has 0 atom stereocenters. The average molecular weight is 661 g/mol. The molecule has 0 aliphatic rings. The summed E-state index contributed by atoms with van der Waals surface area (Å²) in [6.07, 6.45) is 2.29. The third-order valence-electron chi connectivity index (χ3n) is 9.89. The molecule has 8 nitrogen and oxygen atoms in total. The van der Waals surface area contributed by atoms with Crippen molar-refractivity contribution in [2.75, 3.05) is 5.43 Å². The number of rotatable bonds is 9. The van der Waals surface area contributed by atoms with Crippen molar-refractivity contribution in [2.45, 2.75) is 99.3 Å². The highest BCUT2D eigenvalue weighted by atomic mass is 16.3. The number of aromatic amines is 1. The maximum Gasteiger partial charge on any atom is 0.146 e. The van der Waals surface area contributed by atoms with Crippen LogP contribution >= 0.6 is 0 Å². The van der Waals surface area contributed by atoms with E-state index in [0.29, 0.717) is 12.1 Å². The molecular formula is C41H52N6O2. The molecule has 0 fully saturated rings. The highest BCUT2D eigenvalue weighted by Crippen LogP contribution is 2.45. The van der Waals surface area contributed by atoms with Crippen LogP contribution in [0.3, 0.4) is 0 Å². The smallest absolute Gasteiger partial charge is 0.146 e. The van der Waals surface area contributed by atoms with Gasteiger partial charge in [0.05, 0.1) is 11.2 Å². The zero-order valence-electron chi connectivity index (χ0n) is 30.7. The second-order valence-corrected chi connectivity index (χ2v) is 17.9. The number of benzene rings is 4. The lowest BCUT2D eigenvalue weighted by Gasteiger charge is -2.34. The van der Waals surface area contributed by atoms with Crippen molar-refractivity contribution in [2.24, 2.45) is 10.8 Å². The molecule has 7 rings (SSSR count). The van der Waals surface area contributed by atoms with Crippen LogP contribution in [0.1, 0.15) is 104 Å². The van der Waals surface area contributed by atoms with E-state index < -0.39 is 0 Å². The molecule has 0 aliphatic heterocycles. The molecule has 4 aromatic carbocycles. The molecule has 3 heterocycles. The Morgan fingerprint density at radius 3 is 1.63 bits per heavy atom. The molecule has 0 unspecified atom stereocenters. The Balaban J connectivity index is 1.37. The Morgan fingerprint density at radius 1 is 0.612 bits per heavy atom. The lowest BCUT2D eigenvalue weighted by Crippen LogP contribution is -2.26. The van der Waals surface area contributed by atoms with Crippen LogP contribution in [0.5, 0.6) is 11.5 Å². The van der Waals surface area contributed by atoms with Crippen molar-refractivity contribution in [3.8, 4) is 17.2 Å². The third kappa shape index (κ3) is 5.96. The molecule has 3 aromatic heterocycles. The van der Waals surface area contributed by atoms with Gasteiger partial charge in [0.2, 0.25) is 0 Å². The topological polar surface area (TPSA) is 87.0 Å². The summed E-state index contributed by atoms with van der Waals surface area (Å²) >= 11 is 0. The van der Waals surface area contributed by atoms with Crippen LogP contribution < -0.4 is 5.43 Å².